The predicted molar refractivity (Wildman–Crippen MR) is 102 cm³/mol. The van der Waals surface area contributed by atoms with Crippen LogP contribution in [0, 0.1) is 5.82 Å². The summed E-state index contributed by atoms with van der Waals surface area (Å²) in [7, 11) is 6.14. The molecule has 6 heteroatoms. The molecule has 2 aromatic carbocycles. The normalized spacial score (nSPS) is 10.3. The number of halogens is 1. The molecule has 0 atom stereocenters. The van der Waals surface area contributed by atoms with Crippen LogP contribution in [0.4, 0.5) is 4.39 Å². The van der Waals surface area contributed by atoms with E-state index in [1.54, 1.807) is 44.5 Å². The summed E-state index contributed by atoms with van der Waals surface area (Å²) in [5, 5.41) is 0. The Hall–Kier alpha value is -3.02. The maximum Gasteiger partial charge on any atom is 0.254 e. The highest BCUT2D eigenvalue weighted by Gasteiger charge is 2.19. The second-order valence-corrected chi connectivity index (χ2v) is 5.99. The number of carbonyl (C=O) groups is 1. The first-order valence-corrected chi connectivity index (χ1v) is 8.38. The van der Waals surface area contributed by atoms with Gasteiger partial charge in [-0.25, -0.2) is 4.39 Å². The molecule has 0 aliphatic rings. The minimum absolute atomic E-state index is 0.168. The molecule has 5 nitrogen and oxygen atoms in total. The number of nitrogens with zero attached hydrogens (tertiary/aromatic N) is 1. The summed E-state index contributed by atoms with van der Waals surface area (Å²) in [5.74, 6) is 0.548. The van der Waals surface area contributed by atoms with E-state index in [0.717, 1.165) is 5.56 Å². The van der Waals surface area contributed by atoms with Gasteiger partial charge in [-0.15, -0.1) is 6.58 Å². The van der Waals surface area contributed by atoms with Gasteiger partial charge in [0.05, 0.1) is 21.3 Å². The second-order valence-electron chi connectivity index (χ2n) is 5.99. The third-order valence-corrected chi connectivity index (χ3v) is 4.15. The van der Waals surface area contributed by atoms with Crippen molar-refractivity contribution in [3.05, 3.63) is 65.5 Å². The number of hydrogen-bond acceptors (Lipinski definition) is 4. The Morgan fingerprint density at radius 3 is 2.37 bits per heavy atom. The van der Waals surface area contributed by atoms with Gasteiger partial charge in [0.1, 0.15) is 0 Å². The maximum atomic E-state index is 13.9. The highest BCUT2D eigenvalue weighted by atomic mass is 19.1. The van der Waals surface area contributed by atoms with Gasteiger partial charge in [-0.2, -0.15) is 0 Å². The lowest BCUT2D eigenvalue weighted by Crippen LogP contribution is -2.26. The second kappa shape index (κ2) is 9.07. The molecular weight excluding hydrogens is 349 g/mol. The van der Waals surface area contributed by atoms with Crippen LogP contribution < -0.4 is 14.2 Å². The molecule has 2 rings (SSSR count). The van der Waals surface area contributed by atoms with Gasteiger partial charge < -0.3 is 19.1 Å². The van der Waals surface area contributed by atoms with Crippen LogP contribution in [0.25, 0.3) is 0 Å². The molecule has 27 heavy (non-hydrogen) atoms. The van der Waals surface area contributed by atoms with Crippen molar-refractivity contribution in [3.63, 3.8) is 0 Å². The van der Waals surface area contributed by atoms with Gasteiger partial charge in [0.25, 0.3) is 5.91 Å². The van der Waals surface area contributed by atoms with Crippen molar-refractivity contribution < 1.29 is 23.4 Å². The molecule has 1 amide bonds. The summed E-state index contributed by atoms with van der Waals surface area (Å²) in [4.78, 5) is 14.4. The largest absolute Gasteiger partial charge is 0.494 e. The molecular formula is C21H24FNO4. The standard InChI is InChI=1S/C21H24FNO4/c1-6-7-15-11-16(12-19(26-4)20(15)27-5)21(24)23(2)13-14-8-9-18(25-3)17(22)10-14/h6,8-12H,1,7,13H2,2-5H3. The van der Waals surface area contributed by atoms with Crippen LogP contribution in [-0.4, -0.2) is 39.2 Å². The Kier molecular flexibility index (Phi) is 6.82. The number of hydrogen-bond donors (Lipinski definition) is 0. The molecule has 0 aliphatic heterocycles. The van der Waals surface area contributed by atoms with E-state index in [0.29, 0.717) is 29.0 Å². The maximum absolute atomic E-state index is 13.9. The number of amides is 1. The number of rotatable bonds is 8. The van der Waals surface area contributed by atoms with Crippen molar-refractivity contribution in [2.75, 3.05) is 28.4 Å². The summed E-state index contributed by atoms with van der Waals surface area (Å²) in [5.41, 5.74) is 1.93. The van der Waals surface area contributed by atoms with Crippen LogP contribution in [0.2, 0.25) is 0 Å². The van der Waals surface area contributed by atoms with Crippen LogP contribution in [-0.2, 0) is 13.0 Å². The van der Waals surface area contributed by atoms with Crippen LogP contribution >= 0.6 is 0 Å². The summed E-state index contributed by atoms with van der Waals surface area (Å²) in [6.45, 7) is 3.99. The fraction of sp³-hybridized carbons (Fsp3) is 0.286. The molecule has 0 saturated heterocycles. The van der Waals surface area contributed by atoms with Crippen molar-refractivity contribution in [2.45, 2.75) is 13.0 Å². The smallest absolute Gasteiger partial charge is 0.254 e. The molecule has 0 fully saturated rings. The number of methoxy groups -OCH3 is 3. The quantitative estimate of drug-likeness (QED) is 0.660. The summed E-state index contributed by atoms with van der Waals surface area (Å²) < 4.78 is 29.5. The Morgan fingerprint density at radius 1 is 1.11 bits per heavy atom. The van der Waals surface area contributed by atoms with Crippen LogP contribution in [0.1, 0.15) is 21.5 Å². The van der Waals surface area contributed by atoms with E-state index in [2.05, 4.69) is 6.58 Å². The summed E-state index contributed by atoms with van der Waals surface area (Å²) >= 11 is 0. The molecule has 0 spiro atoms. The number of benzene rings is 2. The van der Waals surface area contributed by atoms with Gasteiger partial charge in [-0.3, -0.25) is 4.79 Å². The molecule has 0 aromatic heterocycles. The van der Waals surface area contributed by atoms with Gasteiger partial charge in [-0.05, 0) is 36.2 Å². The van der Waals surface area contributed by atoms with Crippen LogP contribution in [0.5, 0.6) is 17.2 Å². The van der Waals surface area contributed by atoms with E-state index in [-0.39, 0.29) is 18.2 Å². The van der Waals surface area contributed by atoms with Crippen LogP contribution in [0.15, 0.2) is 43.0 Å². The van der Waals surface area contributed by atoms with Gasteiger partial charge in [0.2, 0.25) is 0 Å². The topological polar surface area (TPSA) is 48.0 Å². The zero-order chi connectivity index (χ0) is 20.0. The van der Waals surface area contributed by atoms with Crippen molar-refractivity contribution in [2.24, 2.45) is 0 Å². The van der Waals surface area contributed by atoms with E-state index in [1.165, 1.54) is 25.2 Å². The van der Waals surface area contributed by atoms with Crippen molar-refractivity contribution >= 4 is 5.91 Å². The first-order chi connectivity index (χ1) is 12.9. The average Bonchev–Trinajstić information content (AvgIpc) is 2.67. The number of carbonyl (C=O) groups excluding carboxylic acids is 1. The monoisotopic (exact) mass is 373 g/mol. The van der Waals surface area contributed by atoms with Gasteiger partial charge >= 0.3 is 0 Å². The highest BCUT2D eigenvalue weighted by Crippen LogP contribution is 2.33. The zero-order valence-corrected chi connectivity index (χ0v) is 16.0. The predicted octanol–water partition coefficient (Wildman–Crippen LogP) is 3.85. The summed E-state index contributed by atoms with van der Waals surface area (Å²) in [6, 6.07) is 8.03. The van der Waals surface area contributed by atoms with E-state index in [9.17, 15) is 9.18 Å². The van der Waals surface area contributed by atoms with Gasteiger partial charge in [0, 0.05) is 24.7 Å². The fourth-order valence-corrected chi connectivity index (χ4v) is 2.85. The van der Waals surface area contributed by atoms with Crippen LogP contribution in [0.3, 0.4) is 0 Å². The Morgan fingerprint density at radius 2 is 1.81 bits per heavy atom. The summed E-state index contributed by atoms with van der Waals surface area (Å²) in [6.07, 6.45) is 2.27. The Bertz CT molecular complexity index is 835. The third kappa shape index (κ3) is 4.58. The zero-order valence-electron chi connectivity index (χ0n) is 16.0. The van der Waals surface area contributed by atoms with Gasteiger partial charge in [0.15, 0.2) is 23.1 Å². The molecule has 0 unspecified atom stereocenters. The van der Waals surface area contributed by atoms with E-state index in [4.69, 9.17) is 14.2 Å². The highest BCUT2D eigenvalue weighted by molar-refractivity contribution is 5.95. The van der Waals surface area contributed by atoms with Crippen molar-refractivity contribution in [3.8, 4) is 17.2 Å². The molecule has 2 aromatic rings. The SMILES string of the molecule is C=CCc1cc(C(=O)N(C)Cc2ccc(OC)c(F)c2)cc(OC)c1OC. The number of ether oxygens (including phenoxy) is 3. The Labute approximate surface area is 159 Å². The minimum atomic E-state index is -0.463. The Balaban J connectivity index is 2.29. The molecule has 144 valence electrons. The molecule has 0 N–H and O–H groups in total. The fourth-order valence-electron chi connectivity index (χ4n) is 2.85. The molecule has 0 radical (unpaired) electrons. The molecule has 0 heterocycles. The lowest BCUT2D eigenvalue weighted by Gasteiger charge is -2.20. The minimum Gasteiger partial charge on any atom is -0.494 e. The van der Waals surface area contributed by atoms with Crippen molar-refractivity contribution in [1.82, 2.24) is 4.90 Å². The lowest BCUT2D eigenvalue weighted by molar-refractivity contribution is 0.0784. The first-order valence-electron chi connectivity index (χ1n) is 8.38. The molecule has 0 saturated carbocycles. The lowest BCUT2D eigenvalue weighted by atomic mass is 10.0. The molecule has 0 aliphatic carbocycles. The number of allylic oxidation sites excluding steroid dienone is 1. The third-order valence-electron chi connectivity index (χ3n) is 4.15. The van der Waals surface area contributed by atoms with E-state index in [1.807, 2.05) is 0 Å². The average molecular weight is 373 g/mol. The van der Waals surface area contributed by atoms with Gasteiger partial charge in [-0.1, -0.05) is 12.1 Å². The molecule has 0 bridgehead atoms. The van der Waals surface area contributed by atoms with Crippen molar-refractivity contribution in [1.29, 1.82) is 0 Å². The van der Waals surface area contributed by atoms with E-state index >= 15 is 0 Å². The van der Waals surface area contributed by atoms with E-state index < -0.39 is 5.82 Å². The first kappa shape index (κ1) is 20.3.